The number of nitrogens with two attached hydrogens (primary N) is 2. The topological polar surface area (TPSA) is 119 Å². The molecule has 0 bridgehead atoms. The van der Waals surface area contributed by atoms with Crippen LogP contribution in [0.15, 0.2) is 30.3 Å². The van der Waals surface area contributed by atoms with Gasteiger partial charge in [0.25, 0.3) is 5.69 Å². The Morgan fingerprint density at radius 3 is 2.28 bits per heavy atom. The Bertz CT molecular complexity index is 339. The molecule has 5 N–H and O–H groups in total. The minimum absolute atomic E-state index is 0.137. The van der Waals surface area contributed by atoms with Gasteiger partial charge in [0, 0.05) is 31.8 Å². The van der Waals surface area contributed by atoms with Crippen molar-refractivity contribution in [1.82, 2.24) is 5.06 Å². The molecule has 0 aliphatic rings. The fraction of sp³-hybridized carbons (Fsp3) is 0.400. The average molecular weight is 277 g/mol. The molecule has 7 nitrogen and oxygen atoms in total. The molecule has 0 aliphatic heterocycles. The van der Waals surface area contributed by atoms with Crippen molar-refractivity contribution in [3.8, 4) is 0 Å². The number of benzene rings is 1. The SMILES string of the molecule is NCCN(O)C(Cl)CN.O=[N+]([O-])c1ccccc1. The molecule has 0 amide bonds. The smallest absolute Gasteiger partial charge is 0.269 e. The second kappa shape index (κ2) is 9.75. The third kappa shape index (κ3) is 7.15. The van der Waals surface area contributed by atoms with Crippen LogP contribution in [0, 0.1) is 10.1 Å². The predicted molar refractivity (Wildman–Crippen MR) is 69.3 cm³/mol. The van der Waals surface area contributed by atoms with E-state index >= 15 is 0 Å². The zero-order valence-electron chi connectivity index (χ0n) is 9.78. The third-order valence-corrected chi connectivity index (χ3v) is 2.25. The minimum Gasteiger partial charge on any atom is -0.329 e. The fourth-order valence-electron chi connectivity index (χ4n) is 0.944. The van der Waals surface area contributed by atoms with Gasteiger partial charge in [-0.05, 0) is 0 Å². The summed E-state index contributed by atoms with van der Waals surface area (Å²) in [6, 6.07) is 7.93. The van der Waals surface area contributed by atoms with Gasteiger partial charge < -0.3 is 16.7 Å². The Balaban J connectivity index is 0.000000321. The molecule has 0 heterocycles. The molecule has 0 aliphatic carbocycles. The van der Waals surface area contributed by atoms with Gasteiger partial charge in [-0.25, -0.2) is 0 Å². The van der Waals surface area contributed by atoms with Crippen molar-refractivity contribution in [2.45, 2.75) is 5.50 Å². The van der Waals surface area contributed by atoms with Gasteiger partial charge in [0.05, 0.1) is 4.92 Å². The molecule has 0 fully saturated rings. The summed E-state index contributed by atoms with van der Waals surface area (Å²) in [5.74, 6) is 0. The monoisotopic (exact) mass is 276 g/mol. The number of nitrogens with zero attached hydrogens (tertiary/aromatic N) is 2. The van der Waals surface area contributed by atoms with Gasteiger partial charge in [0.2, 0.25) is 0 Å². The maximum atomic E-state index is 10.0. The summed E-state index contributed by atoms with van der Waals surface area (Å²) >= 11 is 5.49. The molecule has 8 heteroatoms. The van der Waals surface area contributed by atoms with Gasteiger partial charge >= 0.3 is 0 Å². The number of nitro groups is 1. The number of hydrogen-bond acceptors (Lipinski definition) is 6. The van der Waals surface area contributed by atoms with Crippen LogP contribution >= 0.6 is 11.6 Å². The second-order valence-corrected chi connectivity index (χ2v) is 3.72. The molecule has 0 radical (unpaired) electrons. The summed E-state index contributed by atoms with van der Waals surface area (Å²) in [4.78, 5) is 9.59. The number of para-hydroxylation sites is 1. The Kier molecular flexibility index (Phi) is 9.07. The van der Waals surface area contributed by atoms with Crippen LogP contribution in [-0.4, -0.2) is 40.3 Å². The lowest BCUT2D eigenvalue weighted by Crippen LogP contribution is -2.37. The largest absolute Gasteiger partial charge is 0.329 e. The van der Waals surface area contributed by atoms with Crippen molar-refractivity contribution in [1.29, 1.82) is 0 Å². The van der Waals surface area contributed by atoms with E-state index in [1.54, 1.807) is 18.2 Å². The molecule has 0 saturated heterocycles. The standard InChI is InChI=1S/C6H5NO2.C4H12ClN3O/c8-7(9)6-4-2-1-3-5-6;5-4(3-7)8(9)2-1-6/h1-5H;4,9H,1-3,6-7H2. The lowest BCUT2D eigenvalue weighted by Gasteiger charge is -2.17. The molecule has 1 aromatic carbocycles. The molecule has 1 atom stereocenters. The van der Waals surface area contributed by atoms with E-state index in [9.17, 15) is 10.1 Å². The summed E-state index contributed by atoms with van der Waals surface area (Å²) in [5, 5.41) is 19.8. The van der Waals surface area contributed by atoms with Crippen LogP contribution in [0.3, 0.4) is 0 Å². The molecular weight excluding hydrogens is 260 g/mol. The number of halogens is 1. The van der Waals surface area contributed by atoms with Gasteiger partial charge in [-0.2, -0.15) is 5.06 Å². The van der Waals surface area contributed by atoms with Crippen LogP contribution in [0.1, 0.15) is 0 Å². The Morgan fingerprint density at radius 1 is 1.39 bits per heavy atom. The molecule has 1 rings (SSSR count). The second-order valence-electron chi connectivity index (χ2n) is 3.21. The van der Waals surface area contributed by atoms with Crippen molar-refractivity contribution in [2.24, 2.45) is 11.5 Å². The fourth-order valence-corrected chi connectivity index (χ4v) is 1.04. The van der Waals surface area contributed by atoms with Crippen molar-refractivity contribution >= 4 is 17.3 Å². The van der Waals surface area contributed by atoms with Crippen molar-refractivity contribution in [3.63, 3.8) is 0 Å². The maximum absolute atomic E-state index is 10.0. The number of alkyl halides is 1. The summed E-state index contributed by atoms with van der Waals surface area (Å²) in [6.07, 6.45) is 0. The van der Waals surface area contributed by atoms with E-state index in [0.29, 0.717) is 13.1 Å². The van der Waals surface area contributed by atoms with Crippen molar-refractivity contribution < 1.29 is 10.1 Å². The first-order valence-electron chi connectivity index (χ1n) is 5.22. The van der Waals surface area contributed by atoms with Gasteiger partial charge in [0.15, 0.2) is 0 Å². The van der Waals surface area contributed by atoms with Crippen LogP contribution in [0.25, 0.3) is 0 Å². The number of hydrogen-bond donors (Lipinski definition) is 3. The van der Waals surface area contributed by atoms with Gasteiger partial charge in [-0.15, -0.1) is 11.6 Å². The minimum atomic E-state index is -0.520. The van der Waals surface area contributed by atoms with Gasteiger partial charge in [-0.3, -0.25) is 10.1 Å². The highest BCUT2D eigenvalue weighted by Crippen LogP contribution is 2.06. The van der Waals surface area contributed by atoms with Crippen LogP contribution in [0.2, 0.25) is 0 Å². The molecule has 1 aromatic rings. The lowest BCUT2D eigenvalue weighted by molar-refractivity contribution is -0.384. The number of hydroxylamine groups is 2. The molecule has 18 heavy (non-hydrogen) atoms. The first kappa shape index (κ1) is 16.8. The predicted octanol–water partition coefficient (Wildman–Crippen LogP) is 0.755. The van der Waals surface area contributed by atoms with Crippen LogP contribution in [0.4, 0.5) is 5.69 Å². The van der Waals surface area contributed by atoms with Crippen LogP contribution < -0.4 is 11.5 Å². The molecular formula is C10H17ClN4O3. The maximum Gasteiger partial charge on any atom is 0.269 e. The van der Waals surface area contributed by atoms with Crippen molar-refractivity contribution in [3.05, 3.63) is 40.4 Å². The zero-order chi connectivity index (χ0) is 14.0. The molecule has 0 aromatic heterocycles. The first-order chi connectivity index (χ1) is 8.52. The highest BCUT2D eigenvalue weighted by atomic mass is 35.5. The van der Waals surface area contributed by atoms with E-state index in [1.165, 1.54) is 12.1 Å². The number of nitro benzene ring substituents is 1. The van der Waals surface area contributed by atoms with E-state index in [4.69, 9.17) is 28.3 Å². The van der Waals surface area contributed by atoms with Crippen LogP contribution in [0.5, 0.6) is 0 Å². The summed E-state index contributed by atoms with van der Waals surface area (Å²) in [7, 11) is 0. The Hall–Kier alpha value is -1.25. The molecule has 0 spiro atoms. The highest BCUT2D eigenvalue weighted by Gasteiger charge is 2.08. The quantitative estimate of drug-likeness (QED) is 0.316. The first-order valence-corrected chi connectivity index (χ1v) is 5.65. The highest BCUT2D eigenvalue weighted by molar-refractivity contribution is 6.20. The lowest BCUT2D eigenvalue weighted by atomic mass is 10.3. The Labute approximate surface area is 110 Å². The van der Waals surface area contributed by atoms with Gasteiger partial charge in [0.1, 0.15) is 5.50 Å². The molecule has 0 saturated carbocycles. The summed E-state index contributed by atoms with van der Waals surface area (Å²) < 4.78 is 0. The zero-order valence-corrected chi connectivity index (χ0v) is 10.5. The molecule has 102 valence electrons. The van der Waals surface area contributed by atoms with E-state index in [0.717, 1.165) is 5.06 Å². The van der Waals surface area contributed by atoms with Gasteiger partial charge in [-0.1, -0.05) is 18.2 Å². The van der Waals surface area contributed by atoms with E-state index in [-0.39, 0.29) is 12.2 Å². The third-order valence-electron chi connectivity index (χ3n) is 1.84. The number of rotatable bonds is 5. The Morgan fingerprint density at radius 2 is 1.94 bits per heavy atom. The van der Waals surface area contributed by atoms with E-state index < -0.39 is 10.4 Å². The summed E-state index contributed by atoms with van der Waals surface area (Å²) in [6.45, 7) is 0.948. The normalized spacial score (nSPS) is 11.6. The molecule has 1 unspecified atom stereocenters. The van der Waals surface area contributed by atoms with Crippen LogP contribution in [-0.2, 0) is 0 Å². The summed E-state index contributed by atoms with van der Waals surface area (Å²) in [5.41, 5.74) is 9.87. The number of non-ortho nitro benzene ring substituents is 1. The van der Waals surface area contributed by atoms with Crippen molar-refractivity contribution in [2.75, 3.05) is 19.6 Å². The average Bonchev–Trinajstić information content (AvgIpc) is 2.39. The van der Waals surface area contributed by atoms with E-state index in [2.05, 4.69) is 0 Å². The van der Waals surface area contributed by atoms with E-state index in [1.807, 2.05) is 0 Å².